The van der Waals surface area contributed by atoms with Crippen LogP contribution in [0.3, 0.4) is 0 Å². The molecular weight excluding hydrogens is 336 g/mol. The summed E-state index contributed by atoms with van der Waals surface area (Å²) in [7, 11) is 1.62. The molecule has 2 amide bonds. The van der Waals surface area contributed by atoms with Crippen LogP contribution in [0.2, 0.25) is 0 Å². The smallest absolute Gasteiger partial charge is 0.251 e. The molecule has 0 radical (unpaired) electrons. The summed E-state index contributed by atoms with van der Waals surface area (Å²) in [6.45, 7) is 6.41. The molecule has 134 valence electrons. The second kappa shape index (κ2) is 8.62. The van der Waals surface area contributed by atoms with Gasteiger partial charge in [0.2, 0.25) is 5.91 Å². The van der Waals surface area contributed by atoms with Crippen LogP contribution in [-0.4, -0.2) is 29.9 Å². The minimum atomic E-state index is -0.0667. The summed E-state index contributed by atoms with van der Waals surface area (Å²) in [5.41, 5.74) is 3.50. The number of aryl methyl sites for hydroxylation is 1. The van der Waals surface area contributed by atoms with E-state index in [1.54, 1.807) is 7.05 Å². The molecule has 0 atom stereocenters. The molecule has 1 aromatic heterocycles. The highest BCUT2D eigenvalue weighted by atomic mass is 32.1. The van der Waals surface area contributed by atoms with Gasteiger partial charge in [-0.2, -0.15) is 0 Å². The molecule has 0 aliphatic heterocycles. The topological polar surface area (TPSA) is 83.1 Å². The fourth-order valence-electron chi connectivity index (χ4n) is 2.27. The Morgan fingerprint density at radius 1 is 1.28 bits per heavy atom. The Morgan fingerprint density at radius 3 is 2.68 bits per heavy atom. The van der Waals surface area contributed by atoms with E-state index < -0.39 is 0 Å². The summed E-state index contributed by atoms with van der Waals surface area (Å²) in [5.74, 6) is -0.108. The molecule has 1 aromatic carbocycles. The van der Waals surface area contributed by atoms with Crippen molar-refractivity contribution in [1.82, 2.24) is 15.6 Å². The molecule has 0 aliphatic rings. The molecule has 7 heteroatoms. The van der Waals surface area contributed by atoms with Crippen LogP contribution in [0, 0.1) is 6.92 Å². The lowest BCUT2D eigenvalue weighted by molar-refractivity contribution is -0.119. The van der Waals surface area contributed by atoms with Crippen molar-refractivity contribution < 1.29 is 9.59 Å². The molecule has 3 N–H and O–H groups in total. The molecule has 1 heterocycles. The highest BCUT2D eigenvalue weighted by Crippen LogP contribution is 2.18. The normalized spacial score (nSPS) is 10.6. The number of hydrogen-bond acceptors (Lipinski definition) is 5. The number of anilines is 1. The number of carbonyl (C=O) groups is 2. The summed E-state index contributed by atoms with van der Waals surface area (Å²) in [5, 5.41) is 11.6. The van der Waals surface area contributed by atoms with Gasteiger partial charge < -0.3 is 16.0 Å². The average Bonchev–Trinajstić information content (AvgIpc) is 3.00. The second-order valence-corrected chi connectivity index (χ2v) is 7.04. The van der Waals surface area contributed by atoms with Crippen molar-refractivity contribution in [3.8, 4) is 0 Å². The van der Waals surface area contributed by atoms with E-state index >= 15 is 0 Å². The SMILES string of the molecule is CNC(=O)Cc1nc(CNc2ccc(C(=O)NC(C)C)cc2C)cs1. The van der Waals surface area contributed by atoms with Crippen molar-refractivity contribution in [1.29, 1.82) is 0 Å². The predicted octanol–water partition coefficient (Wildman–Crippen LogP) is 2.49. The van der Waals surface area contributed by atoms with Crippen molar-refractivity contribution in [3.05, 3.63) is 45.4 Å². The van der Waals surface area contributed by atoms with Gasteiger partial charge in [-0.15, -0.1) is 11.3 Å². The first kappa shape index (κ1) is 18.9. The minimum absolute atomic E-state index is 0.0417. The predicted molar refractivity (Wildman–Crippen MR) is 101 cm³/mol. The first-order valence-corrected chi connectivity index (χ1v) is 9.06. The maximum Gasteiger partial charge on any atom is 0.251 e. The maximum atomic E-state index is 12.0. The number of amides is 2. The van der Waals surface area contributed by atoms with Gasteiger partial charge >= 0.3 is 0 Å². The van der Waals surface area contributed by atoms with Gasteiger partial charge in [-0.1, -0.05) is 0 Å². The number of benzene rings is 1. The zero-order valence-corrected chi connectivity index (χ0v) is 15.8. The zero-order valence-electron chi connectivity index (χ0n) is 15.0. The van der Waals surface area contributed by atoms with Crippen LogP contribution in [0.4, 0.5) is 5.69 Å². The largest absolute Gasteiger partial charge is 0.379 e. The van der Waals surface area contributed by atoms with Crippen LogP contribution in [0.25, 0.3) is 0 Å². The molecule has 0 bridgehead atoms. The van der Waals surface area contributed by atoms with Gasteiger partial charge in [0.25, 0.3) is 5.91 Å². The minimum Gasteiger partial charge on any atom is -0.379 e. The Morgan fingerprint density at radius 2 is 2.04 bits per heavy atom. The molecule has 0 saturated carbocycles. The molecule has 2 aromatic rings. The van der Waals surface area contributed by atoms with Crippen molar-refractivity contribution in [2.45, 2.75) is 39.8 Å². The van der Waals surface area contributed by atoms with Crippen molar-refractivity contribution in [2.75, 3.05) is 12.4 Å². The zero-order chi connectivity index (χ0) is 18.4. The van der Waals surface area contributed by atoms with Crippen LogP contribution in [0.1, 0.15) is 40.5 Å². The van der Waals surface area contributed by atoms with Crippen LogP contribution in [-0.2, 0) is 17.8 Å². The van der Waals surface area contributed by atoms with Gasteiger partial charge in [0, 0.05) is 29.7 Å². The van der Waals surface area contributed by atoms with E-state index in [0.29, 0.717) is 18.5 Å². The summed E-state index contributed by atoms with van der Waals surface area (Å²) >= 11 is 1.48. The molecule has 2 rings (SSSR count). The summed E-state index contributed by atoms with van der Waals surface area (Å²) in [6, 6.07) is 5.70. The van der Waals surface area contributed by atoms with E-state index in [4.69, 9.17) is 0 Å². The molecule has 6 nitrogen and oxygen atoms in total. The molecule has 0 saturated heterocycles. The molecule has 0 fully saturated rings. The van der Waals surface area contributed by atoms with Crippen LogP contribution >= 0.6 is 11.3 Å². The quantitative estimate of drug-likeness (QED) is 0.708. The van der Waals surface area contributed by atoms with Crippen molar-refractivity contribution >= 4 is 28.8 Å². The van der Waals surface area contributed by atoms with Gasteiger partial charge in [-0.3, -0.25) is 9.59 Å². The standard InChI is InChI=1S/C18H24N4O2S/c1-11(2)21-18(24)13-5-6-15(12(3)7-13)20-9-14-10-25-17(22-14)8-16(23)19-4/h5-7,10-11,20H,8-9H2,1-4H3,(H,19,23)(H,21,24). The number of carbonyl (C=O) groups excluding carboxylic acids is 2. The van der Waals surface area contributed by atoms with Gasteiger partial charge in [0.1, 0.15) is 5.01 Å². The number of nitrogens with zero attached hydrogens (tertiary/aromatic N) is 1. The van der Waals surface area contributed by atoms with Crippen molar-refractivity contribution in [3.63, 3.8) is 0 Å². The summed E-state index contributed by atoms with van der Waals surface area (Å²) in [4.78, 5) is 27.9. The van der Waals surface area contributed by atoms with E-state index in [9.17, 15) is 9.59 Å². The van der Waals surface area contributed by atoms with Gasteiger partial charge in [0.05, 0.1) is 18.7 Å². The number of hydrogen-bond donors (Lipinski definition) is 3. The van der Waals surface area contributed by atoms with E-state index in [0.717, 1.165) is 22.0 Å². The highest BCUT2D eigenvalue weighted by molar-refractivity contribution is 7.09. The maximum absolute atomic E-state index is 12.0. The van der Waals surface area contributed by atoms with Crippen molar-refractivity contribution in [2.24, 2.45) is 0 Å². The number of nitrogens with one attached hydrogen (secondary N) is 3. The van der Waals surface area contributed by atoms with Gasteiger partial charge in [-0.05, 0) is 44.5 Å². The second-order valence-electron chi connectivity index (χ2n) is 6.09. The summed E-state index contributed by atoms with van der Waals surface area (Å²) < 4.78 is 0. The van der Waals surface area contributed by atoms with E-state index in [1.807, 2.05) is 44.4 Å². The first-order valence-electron chi connectivity index (χ1n) is 8.18. The molecule has 25 heavy (non-hydrogen) atoms. The lowest BCUT2D eigenvalue weighted by Gasteiger charge is -2.12. The molecule has 0 aliphatic carbocycles. The lowest BCUT2D eigenvalue weighted by atomic mass is 10.1. The number of thiazole rings is 1. The molecule has 0 unspecified atom stereocenters. The van der Waals surface area contributed by atoms with Gasteiger partial charge in [0.15, 0.2) is 0 Å². The van der Waals surface area contributed by atoms with E-state index in [-0.39, 0.29) is 17.9 Å². The van der Waals surface area contributed by atoms with E-state index in [1.165, 1.54) is 11.3 Å². The number of aromatic nitrogens is 1. The third kappa shape index (κ3) is 5.56. The monoisotopic (exact) mass is 360 g/mol. The fraction of sp³-hybridized carbons (Fsp3) is 0.389. The van der Waals surface area contributed by atoms with E-state index in [2.05, 4.69) is 20.9 Å². The number of rotatable bonds is 7. The van der Waals surface area contributed by atoms with Crippen LogP contribution in [0.15, 0.2) is 23.6 Å². The highest BCUT2D eigenvalue weighted by Gasteiger charge is 2.10. The molecular formula is C18H24N4O2S. The Labute approximate surface area is 152 Å². The van der Waals surface area contributed by atoms with Crippen LogP contribution in [0.5, 0.6) is 0 Å². The lowest BCUT2D eigenvalue weighted by Crippen LogP contribution is -2.30. The Hall–Kier alpha value is -2.41. The van der Waals surface area contributed by atoms with Crippen LogP contribution < -0.4 is 16.0 Å². The third-order valence-corrected chi connectivity index (χ3v) is 4.46. The summed E-state index contributed by atoms with van der Waals surface area (Å²) in [6.07, 6.45) is 0.305. The third-order valence-electron chi connectivity index (χ3n) is 3.56. The molecule has 0 spiro atoms. The van der Waals surface area contributed by atoms with Gasteiger partial charge in [-0.25, -0.2) is 4.98 Å². The Balaban J connectivity index is 1.97. The number of likely N-dealkylation sites (N-methyl/N-ethyl adjacent to an activating group) is 1. The first-order chi connectivity index (χ1) is 11.9. The fourth-order valence-corrected chi connectivity index (χ4v) is 3.06. The Kier molecular flexibility index (Phi) is 6.52. The Bertz CT molecular complexity index is 755. The average molecular weight is 360 g/mol.